The van der Waals surface area contributed by atoms with Gasteiger partial charge in [-0.2, -0.15) is 0 Å². The maximum atomic E-state index is 13.1. The SMILES string of the molecule is O=C1CCCN1c1ccc(S(=O)(=O)N2CCNc3ccccc32)cc1. The molecule has 2 aliphatic rings. The highest BCUT2D eigenvalue weighted by Gasteiger charge is 2.29. The van der Waals surface area contributed by atoms with Gasteiger partial charge in [0.25, 0.3) is 10.0 Å². The van der Waals surface area contributed by atoms with Crippen LogP contribution in [0.4, 0.5) is 17.1 Å². The second-order valence-electron chi connectivity index (χ2n) is 6.16. The number of fused-ring (bicyclic) bond motifs is 1. The van der Waals surface area contributed by atoms with E-state index in [1.54, 1.807) is 35.2 Å². The number of para-hydroxylation sites is 2. The van der Waals surface area contributed by atoms with Crippen molar-refractivity contribution in [2.45, 2.75) is 17.7 Å². The lowest BCUT2D eigenvalue weighted by Crippen LogP contribution is -2.38. The van der Waals surface area contributed by atoms with Gasteiger partial charge in [0, 0.05) is 25.2 Å². The molecule has 2 heterocycles. The minimum absolute atomic E-state index is 0.0895. The summed E-state index contributed by atoms with van der Waals surface area (Å²) in [7, 11) is -3.64. The Balaban J connectivity index is 1.66. The van der Waals surface area contributed by atoms with Gasteiger partial charge in [-0.1, -0.05) is 12.1 Å². The first-order chi connectivity index (χ1) is 12.1. The molecule has 7 heteroatoms. The van der Waals surface area contributed by atoms with Gasteiger partial charge in [-0.25, -0.2) is 8.42 Å². The third-order valence-corrected chi connectivity index (χ3v) is 6.44. The standard InChI is InChI=1S/C18H19N3O3S/c22-18-6-3-12-20(18)14-7-9-15(10-8-14)25(23,24)21-13-11-19-16-4-1-2-5-17(16)21/h1-2,4-5,7-10,19H,3,6,11-13H2. The zero-order valence-corrected chi connectivity index (χ0v) is 14.5. The lowest BCUT2D eigenvalue weighted by Gasteiger charge is -2.31. The molecule has 2 aliphatic heterocycles. The van der Waals surface area contributed by atoms with Crippen LogP contribution in [0.25, 0.3) is 0 Å². The largest absolute Gasteiger partial charge is 0.382 e. The molecule has 1 saturated heterocycles. The van der Waals surface area contributed by atoms with Crippen molar-refractivity contribution in [3.63, 3.8) is 0 Å². The lowest BCUT2D eigenvalue weighted by atomic mass is 10.2. The average molecular weight is 357 g/mol. The van der Waals surface area contributed by atoms with Crippen molar-refractivity contribution in [3.8, 4) is 0 Å². The number of anilines is 3. The first-order valence-corrected chi connectivity index (χ1v) is 9.77. The fraction of sp³-hybridized carbons (Fsp3) is 0.278. The van der Waals surface area contributed by atoms with Crippen molar-refractivity contribution in [1.82, 2.24) is 0 Å². The molecule has 0 aliphatic carbocycles. The Morgan fingerprint density at radius 1 is 0.960 bits per heavy atom. The van der Waals surface area contributed by atoms with Crippen LogP contribution in [0.5, 0.6) is 0 Å². The molecular weight excluding hydrogens is 338 g/mol. The van der Waals surface area contributed by atoms with Gasteiger partial charge in [-0.3, -0.25) is 9.10 Å². The number of benzene rings is 2. The highest BCUT2D eigenvalue weighted by atomic mass is 32.2. The summed E-state index contributed by atoms with van der Waals surface area (Å²) in [4.78, 5) is 13.8. The topological polar surface area (TPSA) is 69.7 Å². The molecule has 1 N–H and O–H groups in total. The van der Waals surface area contributed by atoms with Crippen molar-refractivity contribution in [1.29, 1.82) is 0 Å². The predicted octanol–water partition coefficient (Wildman–Crippen LogP) is 2.43. The Bertz CT molecular complexity index is 909. The summed E-state index contributed by atoms with van der Waals surface area (Å²) in [5, 5.41) is 3.22. The third kappa shape index (κ3) is 2.74. The zero-order valence-electron chi connectivity index (χ0n) is 13.7. The monoisotopic (exact) mass is 357 g/mol. The molecule has 0 aromatic heterocycles. The number of rotatable bonds is 3. The number of carbonyl (C=O) groups excluding carboxylic acids is 1. The summed E-state index contributed by atoms with van der Waals surface area (Å²) in [6.07, 6.45) is 1.40. The van der Waals surface area contributed by atoms with E-state index in [1.807, 2.05) is 18.2 Å². The van der Waals surface area contributed by atoms with Crippen molar-refractivity contribution >= 4 is 33.0 Å². The molecule has 0 atom stereocenters. The fourth-order valence-corrected chi connectivity index (χ4v) is 4.83. The van der Waals surface area contributed by atoms with E-state index in [1.165, 1.54) is 4.31 Å². The molecular formula is C18H19N3O3S. The number of hydrogen-bond donors (Lipinski definition) is 1. The van der Waals surface area contributed by atoms with E-state index >= 15 is 0 Å². The van der Waals surface area contributed by atoms with Crippen LogP contribution < -0.4 is 14.5 Å². The summed E-state index contributed by atoms with van der Waals surface area (Å²) in [6, 6.07) is 14.0. The maximum absolute atomic E-state index is 13.1. The van der Waals surface area contributed by atoms with Gasteiger partial charge < -0.3 is 10.2 Å². The Hall–Kier alpha value is -2.54. The third-order valence-electron chi connectivity index (χ3n) is 4.61. The van der Waals surface area contributed by atoms with Gasteiger partial charge in [0.1, 0.15) is 0 Å². The molecule has 0 radical (unpaired) electrons. The summed E-state index contributed by atoms with van der Waals surface area (Å²) in [5.74, 6) is 0.0895. The van der Waals surface area contributed by atoms with Crippen molar-refractivity contribution in [2.75, 3.05) is 34.2 Å². The number of nitrogens with zero attached hydrogens (tertiary/aromatic N) is 2. The highest BCUT2D eigenvalue weighted by Crippen LogP contribution is 2.33. The van der Waals surface area contributed by atoms with E-state index in [9.17, 15) is 13.2 Å². The normalized spacial score (nSPS) is 17.4. The smallest absolute Gasteiger partial charge is 0.264 e. The molecule has 0 spiro atoms. The van der Waals surface area contributed by atoms with Crippen LogP contribution in [-0.2, 0) is 14.8 Å². The molecule has 6 nitrogen and oxygen atoms in total. The summed E-state index contributed by atoms with van der Waals surface area (Å²) in [6.45, 7) is 1.64. The van der Waals surface area contributed by atoms with Gasteiger partial charge in [0.05, 0.1) is 22.8 Å². The first-order valence-electron chi connectivity index (χ1n) is 8.33. The number of carbonyl (C=O) groups is 1. The molecule has 1 amide bonds. The lowest BCUT2D eigenvalue weighted by molar-refractivity contribution is -0.117. The molecule has 0 bridgehead atoms. The zero-order chi connectivity index (χ0) is 17.4. The average Bonchev–Trinajstić information content (AvgIpc) is 3.07. The van der Waals surface area contributed by atoms with Crippen LogP contribution in [-0.4, -0.2) is 34.0 Å². The van der Waals surface area contributed by atoms with E-state index in [-0.39, 0.29) is 10.8 Å². The molecule has 1 fully saturated rings. The quantitative estimate of drug-likeness (QED) is 0.916. The molecule has 2 aromatic rings. The first kappa shape index (κ1) is 16.0. The molecule has 4 rings (SSSR count). The van der Waals surface area contributed by atoms with Crippen LogP contribution in [0, 0.1) is 0 Å². The van der Waals surface area contributed by atoms with Gasteiger partial charge in [0.15, 0.2) is 0 Å². The Morgan fingerprint density at radius 2 is 1.72 bits per heavy atom. The van der Waals surface area contributed by atoms with Crippen LogP contribution in [0.1, 0.15) is 12.8 Å². The molecule has 2 aromatic carbocycles. The van der Waals surface area contributed by atoms with E-state index in [2.05, 4.69) is 5.32 Å². The molecule has 0 saturated carbocycles. The number of nitrogens with one attached hydrogen (secondary N) is 1. The second kappa shape index (κ2) is 6.07. The fourth-order valence-electron chi connectivity index (χ4n) is 3.35. The van der Waals surface area contributed by atoms with Gasteiger partial charge in [-0.15, -0.1) is 0 Å². The molecule has 0 unspecified atom stereocenters. The molecule has 130 valence electrons. The minimum Gasteiger partial charge on any atom is -0.382 e. The van der Waals surface area contributed by atoms with Gasteiger partial charge >= 0.3 is 0 Å². The van der Waals surface area contributed by atoms with Crippen molar-refractivity contribution in [2.24, 2.45) is 0 Å². The van der Waals surface area contributed by atoms with E-state index in [0.29, 0.717) is 31.7 Å². The number of hydrogen-bond acceptors (Lipinski definition) is 4. The van der Waals surface area contributed by atoms with Crippen LogP contribution in [0.3, 0.4) is 0 Å². The number of amides is 1. The Kier molecular flexibility index (Phi) is 3.88. The maximum Gasteiger partial charge on any atom is 0.264 e. The predicted molar refractivity (Wildman–Crippen MR) is 97.5 cm³/mol. The summed E-state index contributed by atoms with van der Waals surface area (Å²) < 4.78 is 27.6. The summed E-state index contributed by atoms with van der Waals surface area (Å²) in [5.41, 5.74) is 2.23. The van der Waals surface area contributed by atoms with Crippen molar-refractivity contribution < 1.29 is 13.2 Å². The minimum atomic E-state index is -3.64. The number of sulfonamides is 1. The highest BCUT2D eigenvalue weighted by molar-refractivity contribution is 7.92. The van der Waals surface area contributed by atoms with E-state index < -0.39 is 10.0 Å². The molecule has 25 heavy (non-hydrogen) atoms. The van der Waals surface area contributed by atoms with Crippen LogP contribution in [0.15, 0.2) is 53.4 Å². The van der Waals surface area contributed by atoms with Gasteiger partial charge in [-0.05, 0) is 42.8 Å². The Labute approximate surface area is 147 Å². The summed E-state index contributed by atoms with van der Waals surface area (Å²) >= 11 is 0. The van der Waals surface area contributed by atoms with Crippen LogP contribution >= 0.6 is 0 Å². The van der Waals surface area contributed by atoms with E-state index in [4.69, 9.17) is 0 Å². The van der Waals surface area contributed by atoms with Crippen molar-refractivity contribution in [3.05, 3.63) is 48.5 Å². The second-order valence-corrected chi connectivity index (χ2v) is 8.03. The van der Waals surface area contributed by atoms with Crippen LogP contribution in [0.2, 0.25) is 0 Å². The van der Waals surface area contributed by atoms with E-state index in [0.717, 1.165) is 17.8 Å². The Morgan fingerprint density at radius 3 is 2.44 bits per heavy atom. The van der Waals surface area contributed by atoms with Gasteiger partial charge in [0.2, 0.25) is 5.91 Å².